The van der Waals surface area contributed by atoms with Crippen molar-refractivity contribution in [2.45, 2.75) is 31.4 Å². The molecule has 4 aromatic rings. The van der Waals surface area contributed by atoms with Crippen LogP contribution in [-0.4, -0.2) is 41.2 Å². The summed E-state index contributed by atoms with van der Waals surface area (Å²) in [6.07, 6.45) is 3.93. The van der Waals surface area contributed by atoms with E-state index in [0.29, 0.717) is 29.6 Å². The van der Waals surface area contributed by atoms with Crippen LogP contribution in [0.4, 0.5) is 15.9 Å². The molecule has 0 unspecified atom stereocenters. The molecule has 1 saturated heterocycles. The Kier molecular flexibility index (Phi) is 6.82. The SMILES string of the molecule is Fc1cccc(COc2ccc(Nc3ncnc4ccc(CC5=NC6(CCOCC6)CO5)cc34)cc2Cl)c1. The van der Waals surface area contributed by atoms with Crippen LogP contribution in [0.3, 0.4) is 0 Å². The van der Waals surface area contributed by atoms with Crippen molar-refractivity contribution in [3.8, 4) is 5.75 Å². The molecule has 38 heavy (non-hydrogen) atoms. The minimum atomic E-state index is -0.302. The summed E-state index contributed by atoms with van der Waals surface area (Å²) >= 11 is 6.49. The van der Waals surface area contributed by atoms with Gasteiger partial charge in [-0.1, -0.05) is 29.8 Å². The maximum absolute atomic E-state index is 13.4. The summed E-state index contributed by atoms with van der Waals surface area (Å²) in [5.74, 6) is 1.63. The molecule has 3 heterocycles. The first kappa shape index (κ1) is 24.6. The first-order chi connectivity index (χ1) is 18.6. The van der Waals surface area contributed by atoms with E-state index in [-0.39, 0.29) is 18.0 Å². The highest BCUT2D eigenvalue weighted by atomic mass is 35.5. The van der Waals surface area contributed by atoms with Crippen LogP contribution in [0.1, 0.15) is 24.0 Å². The smallest absolute Gasteiger partial charge is 0.188 e. The second kappa shape index (κ2) is 10.6. The third-order valence-electron chi connectivity index (χ3n) is 6.83. The predicted octanol–water partition coefficient (Wildman–Crippen LogP) is 6.27. The van der Waals surface area contributed by atoms with Gasteiger partial charge in [0.1, 0.15) is 42.5 Å². The number of halogens is 2. The lowest BCUT2D eigenvalue weighted by atomic mass is 9.92. The lowest BCUT2D eigenvalue weighted by Crippen LogP contribution is -2.35. The van der Waals surface area contributed by atoms with Crippen LogP contribution in [0.15, 0.2) is 72.0 Å². The molecule has 6 rings (SSSR count). The molecule has 3 aromatic carbocycles. The topological polar surface area (TPSA) is 77.9 Å². The molecule has 2 aliphatic rings. The lowest BCUT2D eigenvalue weighted by molar-refractivity contribution is 0.0441. The van der Waals surface area contributed by atoms with Gasteiger partial charge in [0.2, 0.25) is 0 Å². The molecular formula is C29H26ClFN4O3. The molecule has 0 bridgehead atoms. The van der Waals surface area contributed by atoms with E-state index in [4.69, 9.17) is 30.8 Å². The van der Waals surface area contributed by atoms with Crippen LogP contribution in [0.25, 0.3) is 10.9 Å². The number of aliphatic imine (C=N–C) groups is 1. The Bertz CT molecular complexity index is 1510. The van der Waals surface area contributed by atoms with E-state index in [1.54, 1.807) is 24.3 Å². The Morgan fingerprint density at radius 1 is 1.00 bits per heavy atom. The number of anilines is 2. The Morgan fingerprint density at radius 2 is 1.89 bits per heavy atom. The number of hydrogen-bond acceptors (Lipinski definition) is 7. The summed E-state index contributed by atoms with van der Waals surface area (Å²) in [4.78, 5) is 13.8. The van der Waals surface area contributed by atoms with Gasteiger partial charge in [-0.05, 0) is 66.4 Å². The van der Waals surface area contributed by atoms with Crippen LogP contribution in [0, 0.1) is 5.82 Å². The minimum absolute atomic E-state index is 0.132. The highest BCUT2D eigenvalue weighted by molar-refractivity contribution is 6.32. The molecule has 1 spiro atoms. The quantitative estimate of drug-likeness (QED) is 0.302. The Balaban J connectivity index is 1.18. The summed E-state index contributed by atoms with van der Waals surface area (Å²) in [5, 5.41) is 4.66. The summed E-state index contributed by atoms with van der Waals surface area (Å²) in [7, 11) is 0. The maximum Gasteiger partial charge on any atom is 0.188 e. The first-order valence-electron chi connectivity index (χ1n) is 12.5. The van der Waals surface area contributed by atoms with E-state index in [1.807, 2.05) is 18.2 Å². The van der Waals surface area contributed by atoms with E-state index >= 15 is 0 Å². The van der Waals surface area contributed by atoms with Gasteiger partial charge in [0.25, 0.3) is 0 Å². The van der Waals surface area contributed by atoms with Gasteiger partial charge >= 0.3 is 0 Å². The van der Waals surface area contributed by atoms with Crippen molar-refractivity contribution >= 4 is 39.9 Å². The molecule has 194 valence electrons. The van der Waals surface area contributed by atoms with Gasteiger partial charge in [0, 0.05) is 30.7 Å². The average Bonchev–Trinajstić information content (AvgIpc) is 3.30. The normalized spacial score (nSPS) is 16.3. The predicted molar refractivity (Wildman–Crippen MR) is 145 cm³/mol. The molecular weight excluding hydrogens is 507 g/mol. The van der Waals surface area contributed by atoms with Crippen LogP contribution in [-0.2, 0) is 22.5 Å². The highest BCUT2D eigenvalue weighted by Gasteiger charge is 2.38. The molecule has 0 amide bonds. The minimum Gasteiger partial charge on any atom is -0.487 e. The third kappa shape index (κ3) is 5.42. The van der Waals surface area contributed by atoms with Gasteiger partial charge in [0.15, 0.2) is 5.90 Å². The Morgan fingerprint density at radius 3 is 2.74 bits per heavy atom. The van der Waals surface area contributed by atoms with E-state index in [2.05, 4.69) is 21.4 Å². The van der Waals surface area contributed by atoms with E-state index < -0.39 is 0 Å². The van der Waals surface area contributed by atoms with Crippen molar-refractivity contribution in [3.63, 3.8) is 0 Å². The number of nitrogens with one attached hydrogen (secondary N) is 1. The molecule has 2 aliphatic heterocycles. The summed E-state index contributed by atoms with van der Waals surface area (Å²) < 4.78 is 30.7. The van der Waals surface area contributed by atoms with Gasteiger partial charge in [-0.3, -0.25) is 0 Å². The van der Waals surface area contributed by atoms with Crippen molar-refractivity contribution in [3.05, 3.63) is 89.0 Å². The number of rotatable bonds is 7. The van der Waals surface area contributed by atoms with Crippen LogP contribution < -0.4 is 10.1 Å². The molecule has 1 fully saturated rings. The van der Waals surface area contributed by atoms with Gasteiger partial charge in [-0.2, -0.15) is 0 Å². The fourth-order valence-corrected chi connectivity index (χ4v) is 4.99. The van der Waals surface area contributed by atoms with E-state index in [1.165, 1.54) is 18.5 Å². The van der Waals surface area contributed by atoms with Crippen molar-refractivity contribution in [2.75, 3.05) is 25.1 Å². The fraction of sp³-hybridized carbons (Fsp3) is 0.276. The first-order valence-corrected chi connectivity index (χ1v) is 12.9. The van der Waals surface area contributed by atoms with Gasteiger partial charge < -0.3 is 19.5 Å². The van der Waals surface area contributed by atoms with Gasteiger partial charge in [-0.15, -0.1) is 0 Å². The molecule has 1 aromatic heterocycles. The van der Waals surface area contributed by atoms with E-state index in [9.17, 15) is 4.39 Å². The van der Waals surface area contributed by atoms with Gasteiger partial charge in [0.05, 0.1) is 10.5 Å². The second-order valence-corrected chi connectivity index (χ2v) is 9.98. The van der Waals surface area contributed by atoms with Crippen LogP contribution >= 0.6 is 11.6 Å². The lowest BCUT2D eigenvalue weighted by Gasteiger charge is -2.28. The number of benzene rings is 3. The summed E-state index contributed by atoms with van der Waals surface area (Å²) in [6.45, 7) is 2.30. The third-order valence-corrected chi connectivity index (χ3v) is 7.12. The number of hydrogen-bond donors (Lipinski definition) is 1. The molecule has 9 heteroatoms. The molecule has 7 nitrogen and oxygen atoms in total. The zero-order valence-electron chi connectivity index (χ0n) is 20.6. The van der Waals surface area contributed by atoms with Crippen LogP contribution in [0.2, 0.25) is 5.02 Å². The number of nitrogens with zero attached hydrogens (tertiary/aromatic N) is 3. The number of ether oxygens (including phenoxy) is 3. The largest absolute Gasteiger partial charge is 0.487 e. The Labute approximate surface area is 224 Å². The molecule has 0 atom stereocenters. The monoisotopic (exact) mass is 532 g/mol. The molecule has 0 radical (unpaired) electrons. The van der Waals surface area contributed by atoms with Crippen molar-refractivity contribution in [1.82, 2.24) is 9.97 Å². The number of aromatic nitrogens is 2. The average molecular weight is 533 g/mol. The molecule has 0 saturated carbocycles. The van der Waals surface area contributed by atoms with E-state index in [0.717, 1.165) is 59.7 Å². The summed E-state index contributed by atoms with van der Waals surface area (Å²) in [5.41, 5.74) is 3.24. The second-order valence-electron chi connectivity index (χ2n) is 9.57. The maximum atomic E-state index is 13.4. The fourth-order valence-electron chi connectivity index (χ4n) is 4.75. The standard InChI is InChI=1S/C29H26ClFN4O3/c30-24-15-22(5-7-26(24)37-16-20-2-1-3-21(31)12-20)34-28-23-13-19(4-6-25(23)32-18-33-28)14-27-35-29(17-38-27)8-10-36-11-9-29/h1-7,12-13,15,18H,8-11,14,16-17H2,(H,32,33,34). The zero-order chi connectivity index (χ0) is 26.0. The van der Waals surface area contributed by atoms with Crippen LogP contribution in [0.5, 0.6) is 5.75 Å². The number of fused-ring (bicyclic) bond motifs is 1. The molecule has 0 aliphatic carbocycles. The Hall–Kier alpha value is -3.75. The van der Waals surface area contributed by atoms with Crippen molar-refractivity contribution in [2.24, 2.45) is 4.99 Å². The van der Waals surface area contributed by atoms with Gasteiger partial charge in [-0.25, -0.2) is 19.4 Å². The summed E-state index contributed by atoms with van der Waals surface area (Å²) in [6, 6.07) is 17.8. The highest BCUT2D eigenvalue weighted by Crippen LogP contribution is 2.33. The van der Waals surface area contributed by atoms with Crippen molar-refractivity contribution in [1.29, 1.82) is 0 Å². The molecule has 1 N–H and O–H groups in total. The van der Waals surface area contributed by atoms with Crippen molar-refractivity contribution < 1.29 is 18.6 Å². The zero-order valence-corrected chi connectivity index (χ0v) is 21.4.